The monoisotopic (exact) mass is 424 g/mol. The molecule has 0 atom stereocenters. The molecule has 3 aromatic rings. The second kappa shape index (κ2) is 9.77. The molecule has 156 valence electrons. The number of pyridine rings is 1. The lowest BCUT2D eigenvalue weighted by molar-refractivity contribution is -0.917. The molecule has 1 aliphatic heterocycles. The van der Waals surface area contributed by atoms with Gasteiger partial charge in [0.15, 0.2) is 5.16 Å². The summed E-state index contributed by atoms with van der Waals surface area (Å²) in [6, 6.07) is 11.9. The number of ether oxygens (including phenoxy) is 1. The molecule has 1 N–H and O–H groups in total. The van der Waals surface area contributed by atoms with E-state index >= 15 is 0 Å². The molecule has 0 radical (unpaired) electrons. The molecule has 0 aliphatic carbocycles. The number of amides is 1. The quantitative estimate of drug-likeness (QED) is 0.579. The minimum Gasteiger partial charge on any atom is -0.497 e. The second-order valence-electron chi connectivity index (χ2n) is 7.23. The summed E-state index contributed by atoms with van der Waals surface area (Å²) in [5.74, 6) is 1.38. The smallest absolute Gasteiger partial charge is 0.233 e. The van der Waals surface area contributed by atoms with Gasteiger partial charge in [-0.15, -0.1) is 0 Å². The fraction of sp³-hybridized carbons (Fsp3) is 0.318. The van der Waals surface area contributed by atoms with Crippen LogP contribution in [0.1, 0.15) is 5.56 Å². The number of quaternary nitrogens is 1. The van der Waals surface area contributed by atoms with E-state index < -0.39 is 0 Å². The van der Waals surface area contributed by atoms with Gasteiger partial charge in [0.25, 0.3) is 0 Å². The maximum absolute atomic E-state index is 12.7. The summed E-state index contributed by atoms with van der Waals surface area (Å²) in [6.45, 7) is 4.52. The fourth-order valence-electron chi connectivity index (χ4n) is 3.59. The largest absolute Gasteiger partial charge is 0.497 e. The van der Waals surface area contributed by atoms with Crippen LogP contribution in [-0.4, -0.2) is 64.4 Å². The molecule has 0 spiro atoms. The molecule has 1 aromatic carbocycles. The third kappa shape index (κ3) is 5.01. The summed E-state index contributed by atoms with van der Waals surface area (Å²) < 4.78 is 7.21. The van der Waals surface area contributed by atoms with Crippen molar-refractivity contribution in [3.63, 3.8) is 0 Å². The number of nitrogens with zero attached hydrogens (tertiary/aromatic N) is 4. The van der Waals surface area contributed by atoms with Crippen LogP contribution < -0.4 is 9.64 Å². The Morgan fingerprint density at radius 1 is 1.10 bits per heavy atom. The predicted molar refractivity (Wildman–Crippen MR) is 116 cm³/mol. The van der Waals surface area contributed by atoms with Crippen LogP contribution in [0.3, 0.4) is 0 Å². The van der Waals surface area contributed by atoms with Gasteiger partial charge >= 0.3 is 0 Å². The average molecular weight is 425 g/mol. The maximum atomic E-state index is 12.7. The lowest BCUT2D eigenvalue weighted by Gasteiger charge is -2.32. The Balaban J connectivity index is 1.28. The highest BCUT2D eigenvalue weighted by Gasteiger charge is 2.24. The lowest BCUT2D eigenvalue weighted by Crippen LogP contribution is -3.13. The summed E-state index contributed by atoms with van der Waals surface area (Å²) in [7, 11) is 1.65. The zero-order valence-corrected chi connectivity index (χ0v) is 17.8. The number of hydrogen-bond donors (Lipinski definition) is 1. The molecule has 2 aromatic heterocycles. The molecule has 7 nitrogen and oxygen atoms in total. The van der Waals surface area contributed by atoms with Crippen molar-refractivity contribution < 1.29 is 14.4 Å². The summed E-state index contributed by atoms with van der Waals surface area (Å²) in [6.07, 6.45) is 7.34. The van der Waals surface area contributed by atoms with Gasteiger partial charge in [0.2, 0.25) is 5.91 Å². The molecule has 0 saturated carbocycles. The van der Waals surface area contributed by atoms with E-state index in [1.807, 2.05) is 52.3 Å². The van der Waals surface area contributed by atoms with E-state index in [1.165, 1.54) is 22.2 Å². The number of carbonyl (C=O) groups excluding carboxylic acids is 1. The van der Waals surface area contributed by atoms with Gasteiger partial charge < -0.3 is 14.5 Å². The summed E-state index contributed by atoms with van der Waals surface area (Å²) in [4.78, 5) is 24.7. The van der Waals surface area contributed by atoms with Gasteiger partial charge in [-0.1, -0.05) is 11.8 Å². The van der Waals surface area contributed by atoms with Crippen LogP contribution in [-0.2, 0) is 11.3 Å². The number of piperazine rings is 1. The van der Waals surface area contributed by atoms with Gasteiger partial charge in [0.1, 0.15) is 12.3 Å². The van der Waals surface area contributed by atoms with Crippen LogP contribution in [0.2, 0.25) is 0 Å². The van der Waals surface area contributed by atoms with Gasteiger partial charge in [-0.2, -0.15) is 0 Å². The van der Waals surface area contributed by atoms with E-state index in [9.17, 15) is 4.79 Å². The first-order valence-corrected chi connectivity index (χ1v) is 11.0. The van der Waals surface area contributed by atoms with Gasteiger partial charge in [0.05, 0.1) is 39.0 Å². The van der Waals surface area contributed by atoms with Crippen LogP contribution in [0.4, 0.5) is 0 Å². The number of benzene rings is 1. The van der Waals surface area contributed by atoms with Crippen molar-refractivity contribution >= 4 is 17.7 Å². The van der Waals surface area contributed by atoms with Crippen molar-refractivity contribution in [1.82, 2.24) is 19.4 Å². The second-order valence-corrected chi connectivity index (χ2v) is 8.17. The van der Waals surface area contributed by atoms with Gasteiger partial charge in [-0.3, -0.25) is 14.3 Å². The summed E-state index contributed by atoms with van der Waals surface area (Å²) in [5, 5.41) is 0.815. The number of hydrogen-bond acceptors (Lipinski definition) is 5. The minimum absolute atomic E-state index is 0.173. The summed E-state index contributed by atoms with van der Waals surface area (Å²) in [5.41, 5.74) is 2.29. The van der Waals surface area contributed by atoms with Crippen molar-refractivity contribution in [2.75, 3.05) is 39.0 Å². The fourth-order valence-corrected chi connectivity index (χ4v) is 4.47. The topological polar surface area (TPSA) is 64.7 Å². The minimum atomic E-state index is 0.173. The first kappa shape index (κ1) is 20.4. The number of imidazole rings is 1. The van der Waals surface area contributed by atoms with Crippen LogP contribution in [0, 0.1) is 0 Å². The van der Waals surface area contributed by atoms with E-state index in [4.69, 9.17) is 4.74 Å². The van der Waals surface area contributed by atoms with E-state index in [1.54, 1.807) is 13.3 Å². The Kier molecular flexibility index (Phi) is 6.66. The van der Waals surface area contributed by atoms with E-state index in [2.05, 4.69) is 22.1 Å². The van der Waals surface area contributed by atoms with E-state index in [-0.39, 0.29) is 5.91 Å². The molecule has 1 fully saturated rings. The Morgan fingerprint density at radius 3 is 2.53 bits per heavy atom. The molecule has 1 saturated heterocycles. The van der Waals surface area contributed by atoms with E-state index in [0.717, 1.165) is 49.3 Å². The number of methoxy groups -OCH3 is 1. The highest BCUT2D eigenvalue weighted by molar-refractivity contribution is 7.99. The lowest BCUT2D eigenvalue weighted by atomic mass is 10.2. The third-order valence-electron chi connectivity index (χ3n) is 5.31. The zero-order valence-electron chi connectivity index (χ0n) is 17.0. The van der Waals surface area contributed by atoms with Crippen molar-refractivity contribution in [1.29, 1.82) is 0 Å². The van der Waals surface area contributed by atoms with Crippen LogP contribution in [0.15, 0.2) is 66.3 Å². The molecule has 0 unspecified atom stereocenters. The van der Waals surface area contributed by atoms with E-state index in [0.29, 0.717) is 5.75 Å². The maximum Gasteiger partial charge on any atom is 0.233 e. The Labute approximate surface area is 180 Å². The Bertz CT molecular complexity index is 953. The van der Waals surface area contributed by atoms with Crippen LogP contribution in [0.25, 0.3) is 5.69 Å². The number of aromatic nitrogens is 3. The third-order valence-corrected chi connectivity index (χ3v) is 6.26. The average Bonchev–Trinajstić information content (AvgIpc) is 3.27. The number of thioether (sulfide) groups is 1. The van der Waals surface area contributed by atoms with Crippen molar-refractivity contribution in [3.05, 3.63) is 66.7 Å². The number of carbonyl (C=O) groups is 1. The number of rotatable bonds is 7. The molecule has 3 heterocycles. The first-order chi connectivity index (χ1) is 14.7. The Morgan fingerprint density at radius 2 is 1.83 bits per heavy atom. The molecule has 0 bridgehead atoms. The number of nitrogens with one attached hydrogen (secondary N) is 1. The van der Waals surface area contributed by atoms with Crippen LogP contribution in [0.5, 0.6) is 5.75 Å². The van der Waals surface area contributed by atoms with Gasteiger partial charge in [-0.05, 0) is 36.4 Å². The zero-order chi connectivity index (χ0) is 20.8. The molecule has 8 heteroatoms. The van der Waals surface area contributed by atoms with Crippen LogP contribution >= 0.6 is 11.8 Å². The summed E-state index contributed by atoms with van der Waals surface area (Å²) >= 11 is 1.48. The van der Waals surface area contributed by atoms with Crippen molar-refractivity contribution in [2.24, 2.45) is 0 Å². The molecule has 1 aliphatic rings. The highest BCUT2D eigenvalue weighted by Crippen LogP contribution is 2.22. The molecule has 30 heavy (non-hydrogen) atoms. The predicted octanol–water partition coefficient (Wildman–Crippen LogP) is 1.30. The van der Waals surface area contributed by atoms with Crippen molar-refractivity contribution in [2.45, 2.75) is 11.7 Å². The van der Waals surface area contributed by atoms with Gasteiger partial charge in [0, 0.05) is 36.0 Å². The highest BCUT2D eigenvalue weighted by atomic mass is 32.2. The molecular weight excluding hydrogens is 398 g/mol. The first-order valence-electron chi connectivity index (χ1n) is 10.0. The Hall–Kier alpha value is -2.84. The van der Waals surface area contributed by atoms with Gasteiger partial charge in [-0.25, -0.2) is 4.98 Å². The normalized spacial score (nSPS) is 14.6. The standard InChI is InChI=1S/C22H25N5O2S/c1-29-20-4-2-19(3-5-20)27-11-10-24-22(27)30-17-21(28)26-14-12-25(13-15-26)16-18-6-8-23-9-7-18/h2-11H,12-17H2,1H3/p+1. The molecule has 4 rings (SSSR count). The molecular formula is C22H26N5O2S+. The SMILES string of the molecule is COc1ccc(-n2ccnc2SCC(=O)N2CC[NH+](Cc3ccncc3)CC2)cc1. The molecule has 1 amide bonds. The van der Waals surface area contributed by atoms with Crippen molar-refractivity contribution in [3.8, 4) is 11.4 Å².